The van der Waals surface area contributed by atoms with Crippen LogP contribution in [-0.4, -0.2) is 5.78 Å². The number of hydrogen-bond donors (Lipinski definition) is 0. The molecule has 0 aromatic heterocycles. The second-order valence-electron chi connectivity index (χ2n) is 3.54. The lowest BCUT2D eigenvalue weighted by Gasteiger charge is -2.08. The van der Waals surface area contributed by atoms with Crippen LogP contribution in [0.3, 0.4) is 0 Å². The number of benzene rings is 1. The highest BCUT2D eigenvalue weighted by atomic mass is 79.9. The SMILES string of the molecule is CCCC(=O)c1ccc(C)c(Br)c1C. The molecule has 1 rings (SSSR count). The summed E-state index contributed by atoms with van der Waals surface area (Å²) in [5.74, 6) is 0.241. The first-order valence-electron chi connectivity index (χ1n) is 4.86. The Morgan fingerprint density at radius 2 is 2.00 bits per heavy atom. The van der Waals surface area contributed by atoms with Crippen LogP contribution in [0.5, 0.6) is 0 Å². The van der Waals surface area contributed by atoms with E-state index >= 15 is 0 Å². The summed E-state index contributed by atoms with van der Waals surface area (Å²) in [5.41, 5.74) is 3.09. The number of aryl methyl sites for hydroxylation is 1. The highest BCUT2D eigenvalue weighted by molar-refractivity contribution is 9.10. The van der Waals surface area contributed by atoms with E-state index < -0.39 is 0 Å². The Kier molecular flexibility index (Phi) is 3.87. The predicted octanol–water partition coefficient (Wildman–Crippen LogP) is 4.05. The van der Waals surface area contributed by atoms with E-state index in [1.807, 2.05) is 32.9 Å². The first kappa shape index (κ1) is 11.4. The molecule has 2 heteroatoms. The molecule has 0 aliphatic carbocycles. The largest absolute Gasteiger partial charge is 0.294 e. The smallest absolute Gasteiger partial charge is 0.163 e. The minimum atomic E-state index is 0.241. The topological polar surface area (TPSA) is 17.1 Å². The Bertz CT molecular complexity index is 356. The summed E-state index contributed by atoms with van der Waals surface area (Å²) in [6.45, 7) is 6.04. The number of Topliss-reactive ketones (excluding diaryl/α,β-unsaturated/α-hetero) is 1. The molecule has 1 aromatic rings. The van der Waals surface area contributed by atoms with E-state index in [4.69, 9.17) is 0 Å². The van der Waals surface area contributed by atoms with Gasteiger partial charge < -0.3 is 0 Å². The van der Waals surface area contributed by atoms with Gasteiger partial charge in [0, 0.05) is 16.5 Å². The van der Waals surface area contributed by atoms with Crippen LogP contribution in [0.15, 0.2) is 16.6 Å². The van der Waals surface area contributed by atoms with Crippen molar-refractivity contribution < 1.29 is 4.79 Å². The summed E-state index contributed by atoms with van der Waals surface area (Å²) in [6.07, 6.45) is 1.54. The van der Waals surface area contributed by atoms with Gasteiger partial charge in [0.2, 0.25) is 0 Å². The normalized spacial score (nSPS) is 10.3. The van der Waals surface area contributed by atoms with Crippen LogP contribution in [0.25, 0.3) is 0 Å². The van der Waals surface area contributed by atoms with Gasteiger partial charge in [0.1, 0.15) is 0 Å². The maximum atomic E-state index is 11.7. The molecular weight excluding hydrogens is 240 g/mol. The summed E-state index contributed by atoms with van der Waals surface area (Å²) in [5, 5.41) is 0. The number of rotatable bonds is 3. The van der Waals surface area contributed by atoms with Gasteiger partial charge in [-0.25, -0.2) is 0 Å². The molecule has 0 aliphatic rings. The molecule has 0 unspecified atom stereocenters. The van der Waals surface area contributed by atoms with Crippen LogP contribution in [0.4, 0.5) is 0 Å². The van der Waals surface area contributed by atoms with Gasteiger partial charge in [0.25, 0.3) is 0 Å². The lowest BCUT2D eigenvalue weighted by atomic mass is 10.00. The van der Waals surface area contributed by atoms with Gasteiger partial charge in [0.05, 0.1) is 0 Å². The summed E-state index contributed by atoms with van der Waals surface area (Å²) < 4.78 is 1.06. The fourth-order valence-electron chi connectivity index (χ4n) is 1.48. The molecule has 0 radical (unpaired) electrons. The van der Waals surface area contributed by atoms with Gasteiger partial charge in [-0.15, -0.1) is 0 Å². The van der Waals surface area contributed by atoms with Gasteiger partial charge in [-0.05, 0) is 31.4 Å². The van der Waals surface area contributed by atoms with Gasteiger partial charge in [-0.2, -0.15) is 0 Å². The van der Waals surface area contributed by atoms with Gasteiger partial charge in [-0.1, -0.05) is 35.0 Å². The van der Waals surface area contributed by atoms with Gasteiger partial charge in [-0.3, -0.25) is 4.79 Å². The zero-order chi connectivity index (χ0) is 10.7. The standard InChI is InChI=1S/C12H15BrO/c1-4-5-11(14)10-7-6-8(2)12(13)9(10)3/h6-7H,4-5H2,1-3H3. The minimum absolute atomic E-state index is 0.241. The van der Waals surface area contributed by atoms with Crippen molar-refractivity contribution in [2.45, 2.75) is 33.6 Å². The molecule has 0 heterocycles. The summed E-state index contributed by atoms with van der Waals surface area (Å²) >= 11 is 3.50. The minimum Gasteiger partial charge on any atom is -0.294 e. The Labute approximate surface area is 93.7 Å². The van der Waals surface area contributed by atoms with Gasteiger partial charge in [0.15, 0.2) is 5.78 Å². The molecule has 0 amide bonds. The molecule has 0 aliphatic heterocycles. The molecule has 1 nitrogen and oxygen atoms in total. The lowest BCUT2D eigenvalue weighted by Crippen LogP contribution is -2.02. The van der Waals surface area contributed by atoms with Crippen LogP contribution >= 0.6 is 15.9 Å². The zero-order valence-corrected chi connectivity index (χ0v) is 10.4. The molecule has 0 bridgehead atoms. The average molecular weight is 255 g/mol. The van der Waals surface area contributed by atoms with Crippen molar-refractivity contribution in [1.82, 2.24) is 0 Å². The Hall–Kier alpha value is -0.630. The van der Waals surface area contributed by atoms with Crippen molar-refractivity contribution in [3.05, 3.63) is 33.3 Å². The second-order valence-corrected chi connectivity index (χ2v) is 4.34. The first-order valence-corrected chi connectivity index (χ1v) is 5.66. The van der Waals surface area contributed by atoms with Crippen molar-refractivity contribution in [2.75, 3.05) is 0 Å². The third-order valence-corrected chi connectivity index (χ3v) is 3.58. The fraction of sp³-hybridized carbons (Fsp3) is 0.417. The third-order valence-electron chi connectivity index (χ3n) is 2.36. The van der Waals surface area contributed by atoms with E-state index in [2.05, 4.69) is 15.9 Å². The van der Waals surface area contributed by atoms with E-state index in [1.165, 1.54) is 5.56 Å². The van der Waals surface area contributed by atoms with E-state index in [0.29, 0.717) is 6.42 Å². The average Bonchev–Trinajstić information content (AvgIpc) is 2.15. The molecular formula is C12H15BrO. The van der Waals surface area contributed by atoms with Crippen LogP contribution in [0, 0.1) is 13.8 Å². The maximum Gasteiger partial charge on any atom is 0.163 e. The highest BCUT2D eigenvalue weighted by Crippen LogP contribution is 2.24. The summed E-state index contributed by atoms with van der Waals surface area (Å²) in [7, 11) is 0. The molecule has 14 heavy (non-hydrogen) atoms. The van der Waals surface area contributed by atoms with Crippen molar-refractivity contribution in [1.29, 1.82) is 0 Å². The maximum absolute atomic E-state index is 11.7. The third kappa shape index (κ3) is 2.24. The Morgan fingerprint density at radius 3 is 2.57 bits per heavy atom. The summed E-state index contributed by atoms with van der Waals surface area (Å²) in [6, 6.07) is 3.91. The van der Waals surface area contributed by atoms with Gasteiger partial charge >= 0.3 is 0 Å². The van der Waals surface area contributed by atoms with Crippen LogP contribution in [0.2, 0.25) is 0 Å². The van der Waals surface area contributed by atoms with E-state index in [1.54, 1.807) is 0 Å². The lowest BCUT2D eigenvalue weighted by molar-refractivity contribution is 0.0981. The number of carbonyl (C=O) groups is 1. The number of carbonyl (C=O) groups excluding carboxylic acids is 1. The van der Waals surface area contributed by atoms with Crippen molar-refractivity contribution in [3.8, 4) is 0 Å². The number of ketones is 1. The number of hydrogen-bond acceptors (Lipinski definition) is 1. The Morgan fingerprint density at radius 1 is 1.36 bits per heavy atom. The highest BCUT2D eigenvalue weighted by Gasteiger charge is 2.10. The zero-order valence-electron chi connectivity index (χ0n) is 8.86. The van der Waals surface area contributed by atoms with Crippen LogP contribution in [-0.2, 0) is 0 Å². The molecule has 0 N–H and O–H groups in total. The first-order chi connectivity index (χ1) is 6.57. The van der Waals surface area contributed by atoms with Crippen molar-refractivity contribution in [2.24, 2.45) is 0 Å². The quantitative estimate of drug-likeness (QED) is 0.744. The van der Waals surface area contributed by atoms with Crippen molar-refractivity contribution in [3.63, 3.8) is 0 Å². The molecule has 1 aromatic carbocycles. The van der Waals surface area contributed by atoms with E-state index in [0.717, 1.165) is 22.0 Å². The second kappa shape index (κ2) is 4.74. The predicted molar refractivity (Wildman–Crippen MR) is 62.9 cm³/mol. The van der Waals surface area contributed by atoms with E-state index in [9.17, 15) is 4.79 Å². The monoisotopic (exact) mass is 254 g/mol. The Balaban J connectivity index is 3.11. The molecule has 0 saturated carbocycles. The summed E-state index contributed by atoms with van der Waals surface area (Å²) in [4.78, 5) is 11.7. The van der Waals surface area contributed by atoms with Crippen molar-refractivity contribution >= 4 is 21.7 Å². The fourth-order valence-corrected chi connectivity index (χ4v) is 1.83. The molecule has 76 valence electrons. The van der Waals surface area contributed by atoms with Crippen LogP contribution in [0.1, 0.15) is 41.3 Å². The molecule has 0 fully saturated rings. The van der Waals surface area contributed by atoms with Crippen LogP contribution < -0.4 is 0 Å². The molecule has 0 saturated heterocycles. The number of halogens is 1. The molecule has 0 spiro atoms. The van der Waals surface area contributed by atoms with E-state index in [-0.39, 0.29) is 5.78 Å². The molecule has 0 atom stereocenters.